The predicted octanol–water partition coefficient (Wildman–Crippen LogP) is 3.03. The number of carbonyl (C=O) groups is 1. The van der Waals surface area contributed by atoms with E-state index in [-0.39, 0.29) is 29.4 Å². The molecular weight excluding hydrogens is 278 g/mol. The van der Waals surface area contributed by atoms with Gasteiger partial charge in [-0.1, -0.05) is 13.0 Å². The second-order valence-corrected chi connectivity index (χ2v) is 4.31. The van der Waals surface area contributed by atoms with E-state index >= 15 is 0 Å². The van der Waals surface area contributed by atoms with E-state index in [2.05, 4.69) is 0 Å². The van der Waals surface area contributed by atoms with Crippen LogP contribution in [0.3, 0.4) is 0 Å². The first kappa shape index (κ1) is 14.6. The molecule has 0 saturated carbocycles. The first-order valence-corrected chi connectivity index (χ1v) is 6.22. The van der Waals surface area contributed by atoms with E-state index in [9.17, 15) is 14.9 Å². The number of nitro groups is 1. The van der Waals surface area contributed by atoms with Crippen molar-refractivity contribution in [1.29, 1.82) is 0 Å². The van der Waals surface area contributed by atoms with Crippen molar-refractivity contribution in [2.45, 2.75) is 20.0 Å². The number of aryl methyl sites for hydroxylation is 1. The van der Waals surface area contributed by atoms with Gasteiger partial charge in [-0.05, 0) is 24.1 Å². The summed E-state index contributed by atoms with van der Waals surface area (Å²) >= 11 is 0. The maximum Gasteiger partial charge on any atom is 0.338 e. The molecule has 0 radical (unpaired) electrons. The number of hydrogen-bond acceptors (Lipinski definition) is 5. The Morgan fingerprint density at radius 2 is 2.19 bits per heavy atom. The topological polar surface area (TPSA) is 103 Å². The van der Waals surface area contributed by atoms with Crippen LogP contribution in [0.15, 0.2) is 34.9 Å². The molecule has 0 fully saturated rings. The molecule has 0 bridgehead atoms. The molecule has 1 aromatic heterocycles. The van der Waals surface area contributed by atoms with Crippen molar-refractivity contribution >= 4 is 11.7 Å². The van der Waals surface area contributed by atoms with Gasteiger partial charge in [-0.3, -0.25) is 10.1 Å². The van der Waals surface area contributed by atoms with Gasteiger partial charge in [0.1, 0.15) is 18.6 Å². The second kappa shape index (κ2) is 6.08. The first-order valence-electron chi connectivity index (χ1n) is 6.22. The van der Waals surface area contributed by atoms with E-state index < -0.39 is 10.9 Å². The Morgan fingerprint density at radius 1 is 1.43 bits per heavy atom. The standard InChI is InChI=1S/C14H13NO6/c1-2-9-3-4-13(12(5-9)15(18)19)21-8-11-6-10(7-20-11)14(16)17/h3-7H,2,8H2,1H3,(H,16,17). The van der Waals surface area contributed by atoms with Crippen LogP contribution in [0.5, 0.6) is 5.75 Å². The summed E-state index contributed by atoms with van der Waals surface area (Å²) < 4.78 is 10.4. The number of furan rings is 1. The van der Waals surface area contributed by atoms with Crippen molar-refractivity contribution in [2.75, 3.05) is 0 Å². The first-order chi connectivity index (χ1) is 10.0. The second-order valence-electron chi connectivity index (χ2n) is 4.31. The van der Waals surface area contributed by atoms with Gasteiger partial charge in [0.05, 0.1) is 10.5 Å². The molecule has 0 aliphatic rings. The summed E-state index contributed by atoms with van der Waals surface area (Å²) in [5.41, 5.74) is 0.712. The zero-order valence-corrected chi connectivity index (χ0v) is 11.2. The van der Waals surface area contributed by atoms with Crippen molar-refractivity contribution in [1.82, 2.24) is 0 Å². The third kappa shape index (κ3) is 3.38. The van der Waals surface area contributed by atoms with Crippen LogP contribution in [0.25, 0.3) is 0 Å². The van der Waals surface area contributed by atoms with E-state index in [0.29, 0.717) is 6.42 Å². The summed E-state index contributed by atoms with van der Waals surface area (Å²) in [6, 6.07) is 6.04. The minimum Gasteiger partial charge on any atom is -0.479 e. The molecule has 2 rings (SSSR count). The number of carboxylic acid groups (broad SMARTS) is 1. The lowest BCUT2D eigenvalue weighted by atomic mass is 10.1. The van der Waals surface area contributed by atoms with Gasteiger partial charge in [-0.15, -0.1) is 0 Å². The van der Waals surface area contributed by atoms with Crippen LogP contribution in [-0.2, 0) is 13.0 Å². The van der Waals surface area contributed by atoms with Crippen molar-refractivity contribution in [2.24, 2.45) is 0 Å². The number of rotatable bonds is 6. The summed E-state index contributed by atoms with van der Waals surface area (Å²) in [4.78, 5) is 21.2. The largest absolute Gasteiger partial charge is 0.479 e. The molecule has 0 aliphatic heterocycles. The number of hydrogen-bond donors (Lipinski definition) is 1. The van der Waals surface area contributed by atoms with Gasteiger partial charge in [0.2, 0.25) is 0 Å². The number of ether oxygens (including phenoxy) is 1. The van der Waals surface area contributed by atoms with Crippen molar-refractivity contribution in [3.05, 3.63) is 57.5 Å². The number of nitro benzene ring substituents is 1. The van der Waals surface area contributed by atoms with Gasteiger partial charge in [-0.2, -0.15) is 0 Å². The Labute approximate surface area is 119 Å². The van der Waals surface area contributed by atoms with Gasteiger partial charge in [0.15, 0.2) is 5.75 Å². The van der Waals surface area contributed by atoms with Crippen LogP contribution >= 0.6 is 0 Å². The van der Waals surface area contributed by atoms with Crippen LogP contribution in [0.4, 0.5) is 5.69 Å². The lowest BCUT2D eigenvalue weighted by molar-refractivity contribution is -0.386. The van der Waals surface area contributed by atoms with Gasteiger partial charge in [0, 0.05) is 6.07 Å². The smallest absolute Gasteiger partial charge is 0.338 e. The fourth-order valence-electron chi connectivity index (χ4n) is 1.76. The maximum absolute atomic E-state index is 11.0. The molecule has 110 valence electrons. The van der Waals surface area contributed by atoms with Gasteiger partial charge in [0.25, 0.3) is 0 Å². The summed E-state index contributed by atoms with van der Waals surface area (Å²) in [5.74, 6) is -0.713. The normalized spacial score (nSPS) is 10.3. The molecule has 1 N–H and O–H groups in total. The third-order valence-corrected chi connectivity index (χ3v) is 2.90. The molecule has 0 aliphatic carbocycles. The SMILES string of the molecule is CCc1ccc(OCc2cc(C(=O)O)co2)c([N+](=O)[O-])c1. The van der Waals surface area contributed by atoms with Crippen LogP contribution in [0.2, 0.25) is 0 Å². The maximum atomic E-state index is 11.0. The van der Waals surface area contributed by atoms with E-state index in [4.69, 9.17) is 14.3 Å². The Morgan fingerprint density at radius 3 is 2.76 bits per heavy atom. The number of nitrogens with zero attached hydrogens (tertiary/aromatic N) is 1. The summed E-state index contributed by atoms with van der Waals surface area (Å²) in [7, 11) is 0. The fraction of sp³-hybridized carbons (Fsp3) is 0.214. The lowest BCUT2D eigenvalue weighted by Crippen LogP contribution is -1.99. The molecule has 0 amide bonds. The average molecular weight is 291 g/mol. The Kier molecular flexibility index (Phi) is 4.22. The molecule has 0 saturated heterocycles. The highest BCUT2D eigenvalue weighted by Crippen LogP contribution is 2.29. The highest BCUT2D eigenvalue weighted by molar-refractivity contribution is 5.87. The molecule has 7 heteroatoms. The molecule has 0 unspecified atom stereocenters. The Balaban J connectivity index is 2.15. The van der Waals surface area contributed by atoms with Crippen LogP contribution in [0, 0.1) is 10.1 Å². The average Bonchev–Trinajstić information content (AvgIpc) is 2.94. The van der Waals surface area contributed by atoms with E-state index in [1.54, 1.807) is 6.07 Å². The van der Waals surface area contributed by atoms with Crippen molar-refractivity contribution in [3.63, 3.8) is 0 Å². The zero-order chi connectivity index (χ0) is 15.4. The fourth-order valence-corrected chi connectivity index (χ4v) is 1.76. The zero-order valence-electron chi connectivity index (χ0n) is 11.2. The molecule has 2 aromatic rings. The molecule has 21 heavy (non-hydrogen) atoms. The third-order valence-electron chi connectivity index (χ3n) is 2.90. The van der Waals surface area contributed by atoms with E-state index in [0.717, 1.165) is 11.8 Å². The predicted molar refractivity (Wildman–Crippen MR) is 72.5 cm³/mol. The molecule has 0 atom stereocenters. The molecular formula is C14H13NO6. The number of benzene rings is 1. The van der Waals surface area contributed by atoms with Gasteiger partial charge < -0.3 is 14.3 Å². The lowest BCUT2D eigenvalue weighted by Gasteiger charge is -2.06. The van der Waals surface area contributed by atoms with Gasteiger partial charge >= 0.3 is 11.7 Å². The minimum atomic E-state index is -1.11. The monoisotopic (exact) mass is 291 g/mol. The van der Waals surface area contributed by atoms with Gasteiger partial charge in [-0.25, -0.2) is 4.79 Å². The molecule has 1 aromatic carbocycles. The van der Waals surface area contributed by atoms with Crippen LogP contribution in [0.1, 0.15) is 28.6 Å². The van der Waals surface area contributed by atoms with Crippen molar-refractivity contribution < 1.29 is 24.0 Å². The summed E-state index contributed by atoms with van der Waals surface area (Å²) in [5, 5.41) is 19.8. The highest BCUT2D eigenvalue weighted by atomic mass is 16.6. The molecule has 1 heterocycles. The van der Waals surface area contributed by atoms with E-state index in [1.165, 1.54) is 18.2 Å². The molecule has 7 nitrogen and oxygen atoms in total. The molecule has 0 spiro atoms. The summed E-state index contributed by atoms with van der Waals surface area (Å²) in [6.45, 7) is 1.81. The summed E-state index contributed by atoms with van der Waals surface area (Å²) in [6.07, 6.45) is 1.77. The Bertz CT molecular complexity index is 676. The Hall–Kier alpha value is -2.83. The minimum absolute atomic E-state index is 0.00410. The van der Waals surface area contributed by atoms with Crippen LogP contribution in [-0.4, -0.2) is 16.0 Å². The van der Waals surface area contributed by atoms with E-state index in [1.807, 2.05) is 6.92 Å². The highest BCUT2D eigenvalue weighted by Gasteiger charge is 2.17. The number of carboxylic acids is 1. The number of aromatic carboxylic acids is 1. The van der Waals surface area contributed by atoms with Crippen LogP contribution < -0.4 is 4.74 Å². The van der Waals surface area contributed by atoms with Crippen molar-refractivity contribution in [3.8, 4) is 5.75 Å². The quantitative estimate of drug-likeness (QED) is 0.648.